The topological polar surface area (TPSA) is 69.6 Å². The van der Waals surface area contributed by atoms with Crippen LogP contribution in [0.15, 0.2) is 24.3 Å². The van der Waals surface area contributed by atoms with Crippen LogP contribution in [0, 0.1) is 5.92 Å². The first-order chi connectivity index (χ1) is 11.2. The van der Waals surface area contributed by atoms with Gasteiger partial charge in [0, 0.05) is 30.3 Å². The number of benzene rings is 1. The number of rotatable bonds is 6. The second-order valence-electron chi connectivity index (χ2n) is 6.01. The molecular weight excluding hydrogens is 292 g/mol. The number of likely N-dealkylation sites (N-methyl/N-ethyl adjacent to an activating group) is 1. The molecule has 0 unspecified atom stereocenters. The molecule has 0 spiro atoms. The third kappa shape index (κ3) is 4.79. The molecule has 0 aliphatic heterocycles. The van der Waals surface area contributed by atoms with E-state index in [1.807, 2.05) is 6.92 Å². The lowest BCUT2D eigenvalue weighted by Crippen LogP contribution is -2.33. The first-order valence-electron chi connectivity index (χ1n) is 8.46. The predicted molar refractivity (Wildman–Crippen MR) is 90.3 cm³/mol. The Morgan fingerprint density at radius 3 is 2.65 bits per heavy atom. The standard InChI is InChI=1S/C18H26N2O3/c1-2-20(11-12-21)18(23)15-9-6-10-16(13-15)19-17(22)14-7-4-3-5-8-14/h6,9-10,13-14,21H,2-5,7-8,11-12H2,1H3,(H,19,22). The summed E-state index contributed by atoms with van der Waals surface area (Å²) in [6, 6.07) is 7.03. The van der Waals surface area contributed by atoms with Crippen LogP contribution < -0.4 is 5.32 Å². The van der Waals surface area contributed by atoms with Crippen LogP contribution in [0.2, 0.25) is 0 Å². The van der Waals surface area contributed by atoms with Crippen molar-refractivity contribution in [2.75, 3.05) is 25.0 Å². The number of nitrogens with zero attached hydrogens (tertiary/aromatic N) is 1. The van der Waals surface area contributed by atoms with Crippen LogP contribution >= 0.6 is 0 Å². The molecule has 1 aliphatic rings. The van der Waals surface area contributed by atoms with Crippen molar-refractivity contribution in [3.63, 3.8) is 0 Å². The zero-order chi connectivity index (χ0) is 16.7. The van der Waals surface area contributed by atoms with Gasteiger partial charge in [-0.2, -0.15) is 0 Å². The van der Waals surface area contributed by atoms with Gasteiger partial charge in [0.25, 0.3) is 5.91 Å². The summed E-state index contributed by atoms with van der Waals surface area (Å²) in [5.41, 5.74) is 1.19. The van der Waals surface area contributed by atoms with Crippen LogP contribution in [0.5, 0.6) is 0 Å². The summed E-state index contributed by atoms with van der Waals surface area (Å²) in [6.07, 6.45) is 5.34. The van der Waals surface area contributed by atoms with Crippen molar-refractivity contribution in [1.82, 2.24) is 4.90 Å². The lowest BCUT2D eigenvalue weighted by Gasteiger charge is -2.22. The highest BCUT2D eigenvalue weighted by Gasteiger charge is 2.21. The minimum atomic E-state index is -0.129. The summed E-state index contributed by atoms with van der Waals surface area (Å²) in [7, 11) is 0. The number of aliphatic hydroxyl groups excluding tert-OH is 1. The third-order valence-electron chi connectivity index (χ3n) is 4.39. The van der Waals surface area contributed by atoms with E-state index >= 15 is 0 Å². The number of anilines is 1. The first-order valence-corrected chi connectivity index (χ1v) is 8.46. The zero-order valence-corrected chi connectivity index (χ0v) is 13.8. The number of hydrogen-bond donors (Lipinski definition) is 2. The summed E-state index contributed by atoms with van der Waals surface area (Å²) in [5, 5.41) is 12.0. The van der Waals surface area contributed by atoms with E-state index < -0.39 is 0 Å². The number of amides is 2. The maximum absolute atomic E-state index is 12.4. The summed E-state index contributed by atoms with van der Waals surface area (Å²) in [5.74, 6) is 0.0111. The minimum absolute atomic E-state index is 0.0528. The normalized spacial score (nSPS) is 15.2. The predicted octanol–water partition coefficient (Wildman–Crippen LogP) is 2.66. The minimum Gasteiger partial charge on any atom is -0.395 e. The number of carbonyl (C=O) groups is 2. The SMILES string of the molecule is CCN(CCO)C(=O)c1cccc(NC(=O)C2CCCCC2)c1. The van der Waals surface area contributed by atoms with Gasteiger partial charge in [0.15, 0.2) is 0 Å². The van der Waals surface area contributed by atoms with E-state index in [2.05, 4.69) is 5.32 Å². The molecule has 0 heterocycles. The number of nitrogens with one attached hydrogen (secondary N) is 1. The Labute approximate surface area is 137 Å². The molecule has 2 N–H and O–H groups in total. The smallest absolute Gasteiger partial charge is 0.253 e. The van der Waals surface area contributed by atoms with Gasteiger partial charge >= 0.3 is 0 Å². The van der Waals surface area contributed by atoms with Crippen LogP contribution in [0.3, 0.4) is 0 Å². The van der Waals surface area contributed by atoms with E-state index in [4.69, 9.17) is 5.11 Å². The molecule has 0 saturated heterocycles. The Hall–Kier alpha value is -1.88. The van der Waals surface area contributed by atoms with Gasteiger partial charge in [-0.05, 0) is 38.0 Å². The summed E-state index contributed by atoms with van der Waals surface area (Å²) >= 11 is 0. The molecule has 2 rings (SSSR count). The summed E-state index contributed by atoms with van der Waals surface area (Å²) in [4.78, 5) is 26.3. The molecule has 5 heteroatoms. The first kappa shape index (κ1) is 17.5. The molecule has 0 bridgehead atoms. The Morgan fingerprint density at radius 2 is 2.00 bits per heavy atom. The van der Waals surface area contributed by atoms with Crippen LogP contribution in [-0.2, 0) is 4.79 Å². The number of aliphatic hydroxyl groups is 1. The molecule has 0 radical (unpaired) electrons. The van der Waals surface area contributed by atoms with Gasteiger partial charge in [0.2, 0.25) is 5.91 Å². The average Bonchev–Trinajstić information content (AvgIpc) is 2.60. The maximum atomic E-state index is 12.4. The van der Waals surface area contributed by atoms with Crippen molar-refractivity contribution in [1.29, 1.82) is 0 Å². The van der Waals surface area contributed by atoms with E-state index in [-0.39, 0.29) is 24.3 Å². The van der Waals surface area contributed by atoms with Gasteiger partial charge in [0.1, 0.15) is 0 Å². The Morgan fingerprint density at radius 1 is 1.26 bits per heavy atom. The molecular formula is C18H26N2O3. The van der Waals surface area contributed by atoms with E-state index in [1.165, 1.54) is 6.42 Å². The van der Waals surface area contributed by atoms with Crippen molar-refractivity contribution in [3.8, 4) is 0 Å². The van der Waals surface area contributed by atoms with Crippen molar-refractivity contribution in [2.45, 2.75) is 39.0 Å². The monoisotopic (exact) mass is 318 g/mol. The van der Waals surface area contributed by atoms with Crippen LogP contribution in [-0.4, -0.2) is 41.5 Å². The molecule has 1 fully saturated rings. The van der Waals surface area contributed by atoms with E-state index in [0.717, 1.165) is 25.7 Å². The quantitative estimate of drug-likeness (QED) is 0.847. The number of hydrogen-bond acceptors (Lipinski definition) is 3. The molecule has 1 aliphatic carbocycles. The van der Waals surface area contributed by atoms with Gasteiger partial charge < -0.3 is 15.3 Å². The fraction of sp³-hybridized carbons (Fsp3) is 0.556. The van der Waals surface area contributed by atoms with Gasteiger partial charge in [-0.3, -0.25) is 9.59 Å². The molecule has 1 aromatic rings. The van der Waals surface area contributed by atoms with Crippen LogP contribution in [0.4, 0.5) is 5.69 Å². The average molecular weight is 318 g/mol. The maximum Gasteiger partial charge on any atom is 0.253 e. The highest BCUT2D eigenvalue weighted by molar-refractivity contribution is 5.97. The molecule has 5 nitrogen and oxygen atoms in total. The van der Waals surface area contributed by atoms with Gasteiger partial charge in [-0.1, -0.05) is 25.3 Å². The third-order valence-corrected chi connectivity index (χ3v) is 4.39. The molecule has 1 saturated carbocycles. The zero-order valence-electron chi connectivity index (χ0n) is 13.8. The Bertz CT molecular complexity index is 539. The second-order valence-corrected chi connectivity index (χ2v) is 6.01. The molecule has 23 heavy (non-hydrogen) atoms. The van der Waals surface area contributed by atoms with Crippen molar-refractivity contribution >= 4 is 17.5 Å². The van der Waals surface area contributed by atoms with E-state index in [9.17, 15) is 9.59 Å². The fourth-order valence-electron chi connectivity index (χ4n) is 3.05. The van der Waals surface area contributed by atoms with E-state index in [1.54, 1.807) is 29.2 Å². The summed E-state index contributed by atoms with van der Waals surface area (Å²) in [6.45, 7) is 2.67. The highest BCUT2D eigenvalue weighted by Crippen LogP contribution is 2.25. The van der Waals surface area contributed by atoms with Crippen molar-refractivity contribution < 1.29 is 14.7 Å². The van der Waals surface area contributed by atoms with Crippen LogP contribution in [0.25, 0.3) is 0 Å². The lowest BCUT2D eigenvalue weighted by atomic mass is 9.88. The second kappa shape index (κ2) is 8.67. The van der Waals surface area contributed by atoms with Gasteiger partial charge in [0.05, 0.1) is 6.61 Å². The Balaban J connectivity index is 2.04. The molecule has 1 aromatic carbocycles. The van der Waals surface area contributed by atoms with Crippen molar-refractivity contribution in [2.24, 2.45) is 5.92 Å². The summed E-state index contributed by atoms with van der Waals surface area (Å²) < 4.78 is 0. The largest absolute Gasteiger partial charge is 0.395 e. The molecule has 2 amide bonds. The highest BCUT2D eigenvalue weighted by atomic mass is 16.3. The van der Waals surface area contributed by atoms with Crippen LogP contribution in [0.1, 0.15) is 49.4 Å². The molecule has 126 valence electrons. The number of carbonyl (C=O) groups excluding carboxylic acids is 2. The van der Waals surface area contributed by atoms with Gasteiger partial charge in [-0.15, -0.1) is 0 Å². The van der Waals surface area contributed by atoms with Gasteiger partial charge in [-0.25, -0.2) is 0 Å². The molecule has 0 atom stereocenters. The van der Waals surface area contributed by atoms with Crippen molar-refractivity contribution in [3.05, 3.63) is 29.8 Å². The fourth-order valence-corrected chi connectivity index (χ4v) is 3.05. The Kier molecular flexibility index (Phi) is 6.59. The van der Waals surface area contributed by atoms with E-state index in [0.29, 0.717) is 24.3 Å². The molecule has 0 aromatic heterocycles. The lowest BCUT2D eigenvalue weighted by molar-refractivity contribution is -0.120.